The summed E-state index contributed by atoms with van der Waals surface area (Å²) >= 11 is 0. The summed E-state index contributed by atoms with van der Waals surface area (Å²) in [5, 5.41) is 17.9. The largest absolute Gasteiger partial charge is 0.481 e. The number of carbonyl (C=O) groups excluding carboxylic acids is 1. The zero-order valence-electron chi connectivity index (χ0n) is 23.1. The third-order valence-electron chi connectivity index (χ3n) is 11.7. The number of hydrogen-bond acceptors (Lipinski definition) is 5. The lowest BCUT2D eigenvalue weighted by molar-refractivity contribution is -0.165. The summed E-state index contributed by atoms with van der Waals surface area (Å²) in [7, 11) is 0. The second-order valence-electron chi connectivity index (χ2n) is 13.5. The van der Waals surface area contributed by atoms with Gasteiger partial charge in [0.25, 0.3) is 0 Å². The smallest absolute Gasteiger partial charge is 0.323 e. The van der Waals surface area contributed by atoms with E-state index in [9.17, 15) is 14.4 Å². The molecule has 4 aliphatic carbocycles. The van der Waals surface area contributed by atoms with Crippen molar-refractivity contribution in [2.24, 2.45) is 52.1 Å². The predicted octanol–water partition coefficient (Wildman–Crippen LogP) is 5.64. The van der Waals surface area contributed by atoms with E-state index in [-0.39, 0.29) is 17.9 Å². The van der Waals surface area contributed by atoms with Crippen molar-refractivity contribution in [2.75, 3.05) is 0 Å². The van der Waals surface area contributed by atoms with E-state index in [4.69, 9.17) is 20.7 Å². The van der Waals surface area contributed by atoms with Gasteiger partial charge in [0.05, 0.1) is 6.42 Å². The molecule has 10 atom stereocenters. The number of aliphatic carboxylic acids is 2. The zero-order chi connectivity index (χ0) is 27.0. The molecule has 0 aromatic carbocycles. The molecule has 0 aliphatic heterocycles. The molecule has 4 rings (SSSR count). The monoisotopic (exact) mass is 519 g/mol. The Kier molecular flexibility index (Phi) is 8.62. The maximum absolute atomic E-state index is 12.3. The second kappa shape index (κ2) is 11.2. The summed E-state index contributed by atoms with van der Waals surface area (Å²) in [6.07, 6.45) is 13.2. The van der Waals surface area contributed by atoms with Gasteiger partial charge >= 0.3 is 17.9 Å². The summed E-state index contributed by atoms with van der Waals surface area (Å²) in [6.45, 7) is 7.49. The molecule has 0 spiro atoms. The van der Waals surface area contributed by atoms with Crippen LogP contribution in [0.1, 0.15) is 111 Å². The van der Waals surface area contributed by atoms with Gasteiger partial charge in [-0.1, -0.05) is 33.6 Å². The third-order valence-corrected chi connectivity index (χ3v) is 11.7. The quantitative estimate of drug-likeness (QED) is 0.252. The summed E-state index contributed by atoms with van der Waals surface area (Å²) < 4.78 is 5.70. The summed E-state index contributed by atoms with van der Waals surface area (Å²) in [4.78, 5) is 34.1. The molecule has 0 heterocycles. The Morgan fingerprint density at radius 2 is 1.62 bits per heavy atom. The molecule has 8 unspecified atom stereocenters. The Morgan fingerprint density at radius 1 is 0.919 bits per heavy atom. The molecule has 7 nitrogen and oxygen atoms in total. The average molecular weight is 520 g/mol. The van der Waals surface area contributed by atoms with Crippen molar-refractivity contribution < 1.29 is 29.3 Å². The van der Waals surface area contributed by atoms with Gasteiger partial charge in [-0.3, -0.25) is 14.4 Å². The summed E-state index contributed by atoms with van der Waals surface area (Å²) in [5.41, 5.74) is 6.44. The lowest BCUT2D eigenvalue weighted by Crippen LogP contribution is -2.54. The second-order valence-corrected chi connectivity index (χ2v) is 13.5. The van der Waals surface area contributed by atoms with Gasteiger partial charge in [-0.25, -0.2) is 0 Å². The molecular formula is C30H49NO6. The molecule has 4 saturated carbocycles. The number of carboxylic acids is 2. The number of nitrogens with two attached hydrogens (primary N) is 1. The van der Waals surface area contributed by atoms with Crippen LogP contribution in [0.25, 0.3) is 0 Å². The Labute approximate surface area is 222 Å². The van der Waals surface area contributed by atoms with Crippen LogP contribution < -0.4 is 5.73 Å². The highest BCUT2D eigenvalue weighted by Gasteiger charge is 2.60. The van der Waals surface area contributed by atoms with Crippen molar-refractivity contribution in [1.82, 2.24) is 0 Å². The van der Waals surface area contributed by atoms with Crippen LogP contribution in [0.15, 0.2) is 0 Å². The van der Waals surface area contributed by atoms with Gasteiger partial charge in [-0.15, -0.1) is 0 Å². The standard InChI is InChI=1S/C30H49NO6/c1-18(6-4-5-7-26(32)33)22-10-11-23-21-9-8-19-16-20(37-28(36)25(31)17-27(34)35)12-14-29(19,2)24(21)13-15-30(22,23)3/h18-25H,4-17,31H2,1-3H3,(H,32,33)(H,34,35)/t18-,19?,20?,21?,22?,23?,24?,25+,29?,30?/m1/s1. The van der Waals surface area contributed by atoms with Gasteiger partial charge < -0.3 is 20.7 Å². The summed E-state index contributed by atoms with van der Waals surface area (Å²) in [5.74, 6) is 1.93. The van der Waals surface area contributed by atoms with Gasteiger partial charge in [-0.2, -0.15) is 0 Å². The molecule has 7 heteroatoms. The molecule has 0 aromatic heterocycles. The van der Waals surface area contributed by atoms with E-state index >= 15 is 0 Å². The molecule has 0 amide bonds. The molecule has 0 radical (unpaired) electrons. The predicted molar refractivity (Wildman–Crippen MR) is 141 cm³/mol. The number of fused-ring (bicyclic) bond motifs is 5. The van der Waals surface area contributed by atoms with Crippen LogP contribution >= 0.6 is 0 Å². The van der Waals surface area contributed by atoms with Crippen LogP contribution in [0.4, 0.5) is 0 Å². The number of hydrogen-bond donors (Lipinski definition) is 3. The normalized spacial score (nSPS) is 40.5. The number of ether oxygens (including phenoxy) is 1. The molecule has 4 aliphatic rings. The Bertz CT molecular complexity index is 861. The van der Waals surface area contributed by atoms with Crippen LogP contribution in [0.3, 0.4) is 0 Å². The number of unbranched alkanes of at least 4 members (excludes halogenated alkanes) is 1. The maximum Gasteiger partial charge on any atom is 0.323 e. The molecule has 37 heavy (non-hydrogen) atoms. The summed E-state index contributed by atoms with van der Waals surface area (Å²) in [6, 6.07) is -1.09. The maximum atomic E-state index is 12.3. The topological polar surface area (TPSA) is 127 Å². The highest BCUT2D eigenvalue weighted by molar-refractivity contribution is 5.81. The van der Waals surface area contributed by atoms with Crippen molar-refractivity contribution >= 4 is 17.9 Å². The molecular weight excluding hydrogens is 470 g/mol. The van der Waals surface area contributed by atoms with Crippen molar-refractivity contribution in [3.63, 3.8) is 0 Å². The fraction of sp³-hybridized carbons (Fsp3) is 0.900. The van der Waals surface area contributed by atoms with Gasteiger partial charge in [0, 0.05) is 6.42 Å². The first kappa shape index (κ1) is 28.4. The molecule has 4 N–H and O–H groups in total. The molecule has 4 fully saturated rings. The average Bonchev–Trinajstić information content (AvgIpc) is 3.18. The van der Waals surface area contributed by atoms with E-state index < -0.39 is 30.4 Å². The van der Waals surface area contributed by atoms with E-state index in [0.717, 1.165) is 62.2 Å². The van der Waals surface area contributed by atoms with E-state index in [1.807, 2.05) is 0 Å². The lowest BCUT2D eigenvalue weighted by Gasteiger charge is -2.61. The Morgan fingerprint density at radius 3 is 2.32 bits per heavy atom. The minimum Gasteiger partial charge on any atom is -0.481 e. The van der Waals surface area contributed by atoms with Crippen LogP contribution in [0.5, 0.6) is 0 Å². The van der Waals surface area contributed by atoms with Crippen molar-refractivity contribution in [1.29, 1.82) is 0 Å². The minimum atomic E-state index is -1.09. The fourth-order valence-electron chi connectivity index (χ4n) is 9.77. The first-order valence-electron chi connectivity index (χ1n) is 14.9. The molecule has 0 bridgehead atoms. The van der Waals surface area contributed by atoms with Crippen LogP contribution in [0, 0.1) is 46.3 Å². The van der Waals surface area contributed by atoms with E-state index in [0.29, 0.717) is 17.3 Å². The first-order valence-corrected chi connectivity index (χ1v) is 14.9. The highest BCUT2D eigenvalue weighted by Crippen LogP contribution is 2.68. The fourth-order valence-corrected chi connectivity index (χ4v) is 9.77. The van der Waals surface area contributed by atoms with Gasteiger partial charge in [0.15, 0.2) is 0 Å². The molecule has 0 saturated heterocycles. The van der Waals surface area contributed by atoms with E-state index in [1.165, 1.54) is 38.5 Å². The van der Waals surface area contributed by atoms with E-state index in [1.54, 1.807) is 0 Å². The number of rotatable bonds is 10. The van der Waals surface area contributed by atoms with Gasteiger partial charge in [-0.05, 0) is 111 Å². The SMILES string of the molecule is C[C@H](CCCCC(=O)O)C1CCC2C3CCC4CC(OC(=O)[C@@H](N)CC(=O)O)CCC4(C)C3CCC21C. The van der Waals surface area contributed by atoms with Crippen LogP contribution in [-0.2, 0) is 19.1 Å². The van der Waals surface area contributed by atoms with Crippen molar-refractivity contribution in [2.45, 2.75) is 123 Å². The van der Waals surface area contributed by atoms with Gasteiger partial charge in [0.1, 0.15) is 12.1 Å². The minimum absolute atomic E-state index is 0.145. The lowest BCUT2D eigenvalue weighted by atomic mass is 9.44. The highest BCUT2D eigenvalue weighted by atomic mass is 16.5. The number of carboxylic acid groups (broad SMARTS) is 2. The van der Waals surface area contributed by atoms with Crippen LogP contribution in [0.2, 0.25) is 0 Å². The third kappa shape index (κ3) is 5.72. The number of carbonyl (C=O) groups is 3. The molecule has 210 valence electrons. The Hall–Kier alpha value is -1.63. The van der Waals surface area contributed by atoms with Gasteiger partial charge in [0.2, 0.25) is 0 Å². The first-order chi connectivity index (χ1) is 17.5. The number of esters is 1. The van der Waals surface area contributed by atoms with Crippen molar-refractivity contribution in [3.8, 4) is 0 Å². The Balaban J connectivity index is 1.36. The molecule has 0 aromatic rings. The zero-order valence-corrected chi connectivity index (χ0v) is 23.1. The van der Waals surface area contributed by atoms with E-state index in [2.05, 4.69) is 20.8 Å². The van der Waals surface area contributed by atoms with Crippen molar-refractivity contribution in [3.05, 3.63) is 0 Å². The van der Waals surface area contributed by atoms with Crippen LogP contribution in [-0.4, -0.2) is 40.3 Å².